The third-order valence-corrected chi connectivity index (χ3v) is 3.81. The molecule has 0 unspecified atom stereocenters. The van der Waals surface area contributed by atoms with Crippen molar-refractivity contribution >= 4 is 17.4 Å². The standard InChI is InChI=1S/C17H20ClNO2/c1-12-5-4-6-15(9-12)21-8-7-19-13(2)10-16(14(19)3)17(20)11-18/h4-6,9-10H,7-8,11H2,1-3H3. The number of benzene rings is 1. The molecule has 0 aliphatic rings. The first-order chi connectivity index (χ1) is 10.0. The van der Waals surface area contributed by atoms with Crippen LogP contribution in [0.25, 0.3) is 0 Å². The maximum absolute atomic E-state index is 11.8. The van der Waals surface area contributed by atoms with Crippen LogP contribution in [0.15, 0.2) is 30.3 Å². The van der Waals surface area contributed by atoms with Gasteiger partial charge in [-0.3, -0.25) is 4.79 Å². The fourth-order valence-corrected chi connectivity index (χ4v) is 2.60. The number of carbonyl (C=O) groups is 1. The molecule has 112 valence electrons. The summed E-state index contributed by atoms with van der Waals surface area (Å²) in [6.45, 7) is 7.25. The minimum atomic E-state index is -0.0318. The van der Waals surface area contributed by atoms with Crippen molar-refractivity contribution < 1.29 is 9.53 Å². The van der Waals surface area contributed by atoms with E-state index in [2.05, 4.69) is 4.57 Å². The Bertz CT molecular complexity index is 646. The van der Waals surface area contributed by atoms with E-state index in [0.29, 0.717) is 18.7 Å². The quantitative estimate of drug-likeness (QED) is 0.598. The Balaban J connectivity index is 2.03. The van der Waals surface area contributed by atoms with Crippen LogP contribution in [-0.4, -0.2) is 22.8 Å². The van der Waals surface area contributed by atoms with Gasteiger partial charge in [-0.15, -0.1) is 11.6 Å². The molecule has 2 aromatic rings. The normalized spacial score (nSPS) is 10.7. The monoisotopic (exact) mass is 305 g/mol. The number of halogens is 1. The molecule has 0 bridgehead atoms. The van der Waals surface area contributed by atoms with E-state index in [9.17, 15) is 4.79 Å². The maximum atomic E-state index is 11.8. The molecule has 1 heterocycles. The van der Waals surface area contributed by atoms with Gasteiger partial charge in [-0.25, -0.2) is 0 Å². The average Bonchev–Trinajstić information content (AvgIpc) is 2.74. The molecule has 0 fully saturated rings. The van der Waals surface area contributed by atoms with Crippen LogP contribution in [0.4, 0.5) is 0 Å². The largest absolute Gasteiger partial charge is 0.492 e. The maximum Gasteiger partial charge on any atom is 0.179 e. The highest BCUT2D eigenvalue weighted by molar-refractivity contribution is 6.30. The van der Waals surface area contributed by atoms with Gasteiger partial charge in [-0.1, -0.05) is 12.1 Å². The summed E-state index contributed by atoms with van der Waals surface area (Å²) in [4.78, 5) is 11.8. The Morgan fingerprint density at radius 2 is 2.00 bits per heavy atom. The SMILES string of the molecule is Cc1cccc(OCCn2c(C)cc(C(=O)CCl)c2C)c1. The first-order valence-electron chi connectivity index (χ1n) is 6.98. The summed E-state index contributed by atoms with van der Waals surface area (Å²) >= 11 is 5.64. The van der Waals surface area contributed by atoms with Gasteiger partial charge in [0.2, 0.25) is 0 Å². The zero-order valence-corrected chi connectivity index (χ0v) is 13.4. The van der Waals surface area contributed by atoms with E-state index in [1.165, 1.54) is 5.56 Å². The molecule has 0 radical (unpaired) electrons. The van der Waals surface area contributed by atoms with Gasteiger partial charge in [0.25, 0.3) is 0 Å². The zero-order chi connectivity index (χ0) is 15.4. The summed E-state index contributed by atoms with van der Waals surface area (Å²) in [6.07, 6.45) is 0. The van der Waals surface area contributed by atoms with E-state index in [0.717, 1.165) is 17.1 Å². The first kappa shape index (κ1) is 15.6. The number of rotatable bonds is 6. The number of aromatic nitrogens is 1. The molecule has 0 aliphatic carbocycles. The highest BCUT2D eigenvalue weighted by Gasteiger charge is 2.14. The summed E-state index contributed by atoms with van der Waals surface area (Å²) in [7, 11) is 0. The lowest BCUT2D eigenvalue weighted by molar-refractivity contribution is 0.102. The van der Waals surface area contributed by atoms with Crippen LogP contribution in [0, 0.1) is 20.8 Å². The summed E-state index contributed by atoms with van der Waals surface area (Å²) in [6, 6.07) is 9.88. The molecule has 1 aromatic heterocycles. The van der Waals surface area contributed by atoms with E-state index in [1.54, 1.807) is 0 Å². The summed E-state index contributed by atoms with van der Waals surface area (Å²) in [5, 5.41) is 0. The number of carbonyl (C=O) groups excluding carboxylic acids is 1. The van der Waals surface area contributed by atoms with Crippen molar-refractivity contribution in [3.8, 4) is 5.75 Å². The molecule has 0 atom stereocenters. The second-order valence-electron chi connectivity index (χ2n) is 5.16. The topological polar surface area (TPSA) is 31.2 Å². The molecule has 21 heavy (non-hydrogen) atoms. The lowest BCUT2D eigenvalue weighted by atomic mass is 10.2. The van der Waals surface area contributed by atoms with Gasteiger partial charge in [0.15, 0.2) is 5.78 Å². The van der Waals surface area contributed by atoms with Crippen molar-refractivity contribution in [2.75, 3.05) is 12.5 Å². The van der Waals surface area contributed by atoms with Gasteiger partial charge < -0.3 is 9.30 Å². The van der Waals surface area contributed by atoms with Crippen molar-refractivity contribution in [2.24, 2.45) is 0 Å². The Labute approximate surface area is 130 Å². The van der Waals surface area contributed by atoms with E-state index in [4.69, 9.17) is 16.3 Å². The van der Waals surface area contributed by atoms with Gasteiger partial charge in [0, 0.05) is 17.0 Å². The Hall–Kier alpha value is -1.74. The van der Waals surface area contributed by atoms with Crippen LogP contribution < -0.4 is 4.74 Å². The van der Waals surface area contributed by atoms with Crippen molar-refractivity contribution in [1.82, 2.24) is 4.57 Å². The fraction of sp³-hybridized carbons (Fsp3) is 0.353. The smallest absolute Gasteiger partial charge is 0.179 e. The Morgan fingerprint density at radius 1 is 1.24 bits per heavy atom. The minimum Gasteiger partial charge on any atom is -0.492 e. The second-order valence-corrected chi connectivity index (χ2v) is 5.43. The fourth-order valence-electron chi connectivity index (χ4n) is 2.46. The van der Waals surface area contributed by atoms with Gasteiger partial charge >= 0.3 is 0 Å². The first-order valence-corrected chi connectivity index (χ1v) is 7.51. The summed E-state index contributed by atoms with van der Waals surface area (Å²) < 4.78 is 7.86. The number of hydrogen-bond acceptors (Lipinski definition) is 2. The van der Waals surface area contributed by atoms with Crippen LogP contribution in [0.3, 0.4) is 0 Å². The van der Waals surface area contributed by atoms with Crippen LogP contribution in [0.5, 0.6) is 5.75 Å². The number of hydrogen-bond donors (Lipinski definition) is 0. The lowest BCUT2D eigenvalue weighted by Gasteiger charge is -2.11. The number of nitrogens with zero attached hydrogens (tertiary/aromatic N) is 1. The van der Waals surface area contributed by atoms with Crippen molar-refractivity contribution in [1.29, 1.82) is 0 Å². The van der Waals surface area contributed by atoms with Crippen LogP contribution >= 0.6 is 11.6 Å². The minimum absolute atomic E-state index is 0.0179. The van der Waals surface area contributed by atoms with E-state index >= 15 is 0 Å². The molecule has 0 N–H and O–H groups in total. The van der Waals surface area contributed by atoms with Crippen LogP contribution in [-0.2, 0) is 6.54 Å². The lowest BCUT2D eigenvalue weighted by Crippen LogP contribution is -2.12. The molecule has 3 nitrogen and oxygen atoms in total. The average molecular weight is 306 g/mol. The predicted octanol–water partition coefficient (Wildman–Crippen LogP) is 3.91. The molecular formula is C17H20ClNO2. The van der Waals surface area contributed by atoms with Gasteiger partial charge in [-0.05, 0) is 44.5 Å². The van der Waals surface area contributed by atoms with E-state index < -0.39 is 0 Å². The van der Waals surface area contributed by atoms with Gasteiger partial charge in [0.05, 0.1) is 12.4 Å². The van der Waals surface area contributed by atoms with Crippen molar-refractivity contribution in [3.63, 3.8) is 0 Å². The zero-order valence-electron chi connectivity index (χ0n) is 12.6. The summed E-state index contributed by atoms with van der Waals surface area (Å²) in [5.41, 5.74) is 3.88. The van der Waals surface area contributed by atoms with Crippen molar-refractivity contribution in [2.45, 2.75) is 27.3 Å². The third-order valence-electron chi connectivity index (χ3n) is 3.57. The molecule has 0 saturated carbocycles. The molecule has 0 saturated heterocycles. The van der Waals surface area contributed by atoms with Gasteiger partial charge in [0.1, 0.15) is 12.4 Å². The molecule has 4 heteroatoms. The molecule has 0 aliphatic heterocycles. The molecule has 0 amide bonds. The van der Waals surface area contributed by atoms with E-state index in [1.807, 2.05) is 51.1 Å². The molecule has 0 spiro atoms. The van der Waals surface area contributed by atoms with Gasteiger partial charge in [-0.2, -0.15) is 0 Å². The number of Topliss-reactive ketones (excluding diaryl/α,β-unsaturated/α-hetero) is 1. The highest BCUT2D eigenvalue weighted by Crippen LogP contribution is 2.17. The predicted molar refractivity (Wildman–Crippen MR) is 85.6 cm³/mol. The molecular weight excluding hydrogens is 286 g/mol. The molecule has 2 rings (SSSR count). The number of ketones is 1. The van der Waals surface area contributed by atoms with Crippen molar-refractivity contribution in [3.05, 3.63) is 52.8 Å². The third kappa shape index (κ3) is 3.67. The molecule has 1 aromatic carbocycles. The van der Waals surface area contributed by atoms with E-state index in [-0.39, 0.29) is 11.7 Å². The number of ether oxygens (including phenoxy) is 1. The summed E-state index contributed by atoms with van der Waals surface area (Å²) in [5.74, 6) is 0.856. The Kier molecular flexibility index (Phi) is 5.07. The van der Waals surface area contributed by atoms with Crippen LogP contribution in [0.1, 0.15) is 27.3 Å². The number of alkyl halides is 1. The number of aryl methyl sites for hydroxylation is 2. The highest BCUT2D eigenvalue weighted by atomic mass is 35.5. The second kappa shape index (κ2) is 6.81. The van der Waals surface area contributed by atoms with Crippen LogP contribution in [0.2, 0.25) is 0 Å². The Morgan fingerprint density at radius 3 is 2.67 bits per heavy atom.